The molecule has 4 aliphatic rings. The summed E-state index contributed by atoms with van der Waals surface area (Å²) in [5.74, 6) is 1.53. The van der Waals surface area contributed by atoms with E-state index in [-0.39, 0.29) is 16.8 Å². The number of carbonyl (C=O) groups excluding carboxylic acids is 1. The van der Waals surface area contributed by atoms with Crippen LogP contribution in [0.5, 0.6) is 0 Å². The van der Waals surface area contributed by atoms with Gasteiger partial charge >= 0.3 is 5.97 Å². The summed E-state index contributed by atoms with van der Waals surface area (Å²) in [4.78, 5) is 12.6. The lowest BCUT2D eigenvalue weighted by molar-refractivity contribution is -0.189. The number of aliphatic hydroxyl groups is 1. The van der Waals surface area contributed by atoms with Gasteiger partial charge in [0.2, 0.25) is 0 Å². The van der Waals surface area contributed by atoms with E-state index < -0.39 is 5.60 Å². The summed E-state index contributed by atoms with van der Waals surface area (Å²) in [6.07, 6.45) is 9.95. The van der Waals surface area contributed by atoms with Crippen LogP contribution < -0.4 is 0 Å². The first-order valence-corrected chi connectivity index (χ1v) is 10.0. The van der Waals surface area contributed by atoms with Crippen LogP contribution in [0, 0.1) is 34.0 Å². The van der Waals surface area contributed by atoms with Crippen molar-refractivity contribution in [2.24, 2.45) is 34.0 Å². The van der Waals surface area contributed by atoms with E-state index in [1.54, 1.807) is 7.11 Å². The van der Waals surface area contributed by atoms with Gasteiger partial charge in [-0.15, -0.1) is 0 Å². The Bertz CT molecular complexity index is 559. The molecule has 1 N–H and O–H groups in total. The van der Waals surface area contributed by atoms with Gasteiger partial charge in [0.15, 0.2) is 0 Å². The van der Waals surface area contributed by atoms with E-state index in [4.69, 9.17) is 4.74 Å². The lowest BCUT2D eigenvalue weighted by Gasteiger charge is -2.64. The lowest BCUT2D eigenvalue weighted by atomic mass is 9.41. The number of hydrogen-bond donors (Lipinski definition) is 1. The molecule has 4 saturated carbocycles. The molecule has 24 heavy (non-hydrogen) atoms. The third kappa shape index (κ3) is 1.91. The average molecular weight is 335 g/mol. The van der Waals surface area contributed by atoms with Crippen LogP contribution in [0.25, 0.3) is 0 Å². The van der Waals surface area contributed by atoms with Crippen molar-refractivity contribution in [2.75, 3.05) is 7.11 Å². The quantitative estimate of drug-likeness (QED) is 0.726. The summed E-state index contributed by atoms with van der Waals surface area (Å²) in [6, 6.07) is 0. The van der Waals surface area contributed by atoms with Crippen molar-refractivity contribution < 1.29 is 14.6 Å². The molecule has 136 valence electrons. The fourth-order valence-electron chi connectivity index (χ4n) is 8.24. The molecule has 0 amide bonds. The van der Waals surface area contributed by atoms with Crippen molar-refractivity contribution >= 4 is 5.97 Å². The Labute approximate surface area is 146 Å². The van der Waals surface area contributed by atoms with Gasteiger partial charge in [0.05, 0.1) is 18.1 Å². The van der Waals surface area contributed by atoms with Gasteiger partial charge in [0, 0.05) is 0 Å². The highest BCUT2D eigenvalue weighted by Crippen LogP contribution is 2.73. The highest BCUT2D eigenvalue weighted by atomic mass is 16.5. The van der Waals surface area contributed by atoms with Crippen molar-refractivity contribution in [3.8, 4) is 0 Å². The third-order valence-electron chi connectivity index (χ3n) is 9.25. The minimum atomic E-state index is -0.417. The Balaban J connectivity index is 1.72. The van der Waals surface area contributed by atoms with E-state index in [0.717, 1.165) is 38.5 Å². The molecule has 0 aromatic carbocycles. The number of rotatable bonds is 1. The third-order valence-corrected chi connectivity index (χ3v) is 9.25. The molecule has 0 saturated heterocycles. The van der Waals surface area contributed by atoms with Crippen LogP contribution >= 0.6 is 0 Å². The van der Waals surface area contributed by atoms with Crippen LogP contribution in [0.1, 0.15) is 78.6 Å². The van der Waals surface area contributed by atoms with Crippen molar-refractivity contribution in [1.82, 2.24) is 0 Å². The van der Waals surface area contributed by atoms with Gasteiger partial charge in [-0.1, -0.05) is 20.3 Å². The number of hydrogen-bond acceptors (Lipinski definition) is 3. The van der Waals surface area contributed by atoms with Gasteiger partial charge in [0.25, 0.3) is 0 Å². The van der Waals surface area contributed by atoms with Gasteiger partial charge in [-0.3, -0.25) is 4.79 Å². The minimum Gasteiger partial charge on any atom is -0.469 e. The highest BCUT2D eigenvalue weighted by Gasteiger charge is 2.68. The summed E-state index contributed by atoms with van der Waals surface area (Å²) in [5.41, 5.74) is -0.182. The van der Waals surface area contributed by atoms with E-state index in [1.807, 2.05) is 0 Å². The second kappa shape index (κ2) is 4.99. The van der Waals surface area contributed by atoms with Crippen LogP contribution in [0.15, 0.2) is 0 Å². The number of methoxy groups -OCH3 is 1. The van der Waals surface area contributed by atoms with Crippen molar-refractivity contribution in [1.29, 1.82) is 0 Å². The van der Waals surface area contributed by atoms with Crippen LogP contribution in [0.2, 0.25) is 0 Å². The molecule has 0 aromatic heterocycles. The second-order valence-electron chi connectivity index (χ2n) is 10.2. The molecule has 4 rings (SSSR count). The fraction of sp³-hybridized carbons (Fsp3) is 0.952. The molecule has 7 atom stereocenters. The number of carbonyl (C=O) groups is 1. The van der Waals surface area contributed by atoms with E-state index in [2.05, 4.69) is 20.8 Å². The predicted molar refractivity (Wildman–Crippen MR) is 93.3 cm³/mol. The van der Waals surface area contributed by atoms with Crippen LogP contribution in [-0.4, -0.2) is 23.8 Å². The van der Waals surface area contributed by atoms with Crippen LogP contribution in [-0.2, 0) is 9.53 Å². The SMILES string of the molecule is COC(=O)[C@]1(C)CCCC2(C)[C@@H]3CCC4(O)CC3(CC[C@@H]21)CC4C. The van der Waals surface area contributed by atoms with Gasteiger partial charge in [0.1, 0.15) is 0 Å². The summed E-state index contributed by atoms with van der Waals surface area (Å²) < 4.78 is 5.24. The van der Waals surface area contributed by atoms with Gasteiger partial charge in [-0.25, -0.2) is 0 Å². The molecule has 0 heterocycles. The standard InChI is InChI=1S/C21H34O3/c1-14-12-20-10-6-15-18(2,16(20)7-11-21(14,23)13-20)8-5-9-19(15,3)17(22)24-4/h14-16,23H,5-13H2,1-4H3/t14?,15-,16-,18?,19+,20?,21?/m0/s1. The summed E-state index contributed by atoms with van der Waals surface area (Å²) in [6.45, 7) is 6.89. The van der Waals surface area contributed by atoms with E-state index in [9.17, 15) is 9.90 Å². The smallest absolute Gasteiger partial charge is 0.311 e. The number of fused-ring (bicyclic) bond motifs is 3. The molecule has 3 nitrogen and oxygen atoms in total. The monoisotopic (exact) mass is 334 g/mol. The Kier molecular flexibility index (Phi) is 3.51. The normalized spacial score (nSPS) is 56.3. The average Bonchev–Trinajstić information content (AvgIpc) is 2.70. The molecule has 4 unspecified atom stereocenters. The number of ether oxygens (including phenoxy) is 1. The predicted octanol–water partition coefficient (Wildman–Crippen LogP) is 4.32. The molecule has 4 fully saturated rings. The topological polar surface area (TPSA) is 46.5 Å². The zero-order chi connectivity index (χ0) is 17.4. The van der Waals surface area contributed by atoms with Crippen molar-refractivity contribution in [3.05, 3.63) is 0 Å². The molecule has 4 aliphatic carbocycles. The Hall–Kier alpha value is -0.570. The molecule has 0 aliphatic heterocycles. The fourth-order valence-corrected chi connectivity index (χ4v) is 8.24. The lowest BCUT2D eigenvalue weighted by Crippen LogP contribution is -2.59. The first-order chi connectivity index (χ1) is 11.2. The molecule has 0 radical (unpaired) electrons. The zero-order valence-corrected chi connectivity index (χ0v) is 15.9. The first-order valence-electron chi connectivity index (χ1n) is 10.0. The maximum Gasteiger partial charge on any atom is 0.311 e. The molecular formula is C21H34O3. The van der Waals surface area contributed by atoms with E-state index >= 15 is 0 Å². The second-order valence-corrected chi connectivity index (χ2v) is 10.2. The Morgan fingerprint density at radius 1 is 1.08 bits per heavy atom. The first kappa shape index (κ1) is 16.9. The number of esters is 1. The van der Waals surface area contributed by atoms with Crippen LogP contribution in [0.3, 0.4) is 0 Å². The van der Waals surface area contributed by atoms with Crippen molar-refractivity contribution in [3.63, 3.8) is 0 Å². The summed E-state index contributed by atoms with van der Waals surface area (Å²) >= 11 is 0. The van der Waals surface area contributed by atoms with Gasteiger partial charge in [-0.2, -0.15) is 0 Å². The van der Waals surface area contributed by atoms with Crippen LogP contribution in [0.4, 0.5) is 0 Å². The molecule has 0 aromatic rings. The minimum absolute atomic E-state index is 0.00137. The van der Waals surface area contributed by atoms with E-state index in [0.29, 0.717) is 23.2 Å². The highest BCUT2D eigenvalue weighted by molar-refractivity contribution is 5.77. The van der Waals surface area contributed by atoms with Crippen molar-refractivity contribution in [2.45, 2.75) is 84.2 Å². The molecule has 1 spiro atoms. The molecule has 3 heteroatoms. The maximum atomic E-state index is 12.6. The Morgan fingerprint density at radius 3 is 2.50 bits per heavy atom. The zero-order valence-electron chi connectivity index (χ0n) is 15.9. The molecular weight excluding hydrogens is 300 g/mol. The largest absolute Gasteiger partial charge is 0.469 e. The van der Waals surface area contributed by atoms with Gasteiger partial charge in [-0.05, 0) is 86.9 Å². The summed E-state index contributed by atoms with van der Waals surface area (Å²) in [5, 5.41) is 11.1. The van der Waals surface area contributed by atoms with Gasteiger partial charge < -0.3 is 9.84 Å². The summed E-state index contributed by atoms with van der Waals surface area (Å²) in [7, 11) is 1.54. The molecule has 2 bridgehead atoms. The van der Waals surface area contributed by atoms with E-state index in [1.165, 1.54) is 19.3 Å². The maximum absolute atomic E-state index is 12.6. The Morgan fingerprint density at radius 2 is 1.79 bits per heavy atom.